The van der Waals surface area contributed by atoms with E-state index >= 15 is 0 Å². The highest BCUT2D eigenvalue weighted by Gasteiger charge is 2.42. The number of aliphatic carboxylic acids is 1. The van der Waals surface area contributed by atoms with Crippen molar-refractivity contribution in [2.45, 2.75) is 49.5 Å². The molecule has 116 valence electrons. The van der Waals surface area contributed by atoms with Crippen molar-refractivity contribution in [1.29, 1.82) is 0 Å². The summed E-state index contributed by atoms with van der Waals surface area (Å²) in [6.45, 7) is 3.86. The van der Waals surface area contributed by atoms with E-state index < -0.39 is 21.9 Å². The number of nitrogens with two attached hydrogens (primary N) is 1. The molecule has 0 aliphatic heterocycles. The van der Waals surface area contributed by atoms with E-state index in [-0.39, 0.29) is 0 Å². The van der Waals surface area contributed by atoms with Gasteiger partial charge in [0.25, 0.3) is 0 Å². The second-order valence-corrected chi connectivity index (χ2v) is 6.50. The third-order valence-corrected chi connectivity index (χ3v) is 5.42. The van der Waals surface area contributed by atoms with Gasteiger partial charge in [-0.1, -0.05) is 57.0 Å². The maximum atomic E-state index is 11.9. The Morgan fingerprint density at radius 3 is 2.33 bits per heavy atom. The minimum Gasteiger partial charge on any atom is -0.480 e. The Labute approximate surface area is 130 Å². The van der Waals surface area contributed by atoms with E-state index in [1.54, 1.807) is 12.1 Å². The minimum absolute atomic E-state index is 0.396. The van der Waals surface area contributed by atoms with E-state index in [2.05, 4.69) is 0 Å². The predicted octanol–water partition coefficient (Wildman–Crippen LogP) is 3.15. The van der Waals surface area contributed by atoms with Crippen molar-refractivity contribution in [3.05, 3.63) is 35.9 Å². The van der Waals surface area contributed by atoms with Gasteiger partial charge in [0, 0.05) is 0 Å². The van der Waals surface area contributed by atoms with Crippen LogP contribution in [-0.4, -0.2) is 22.2 Å². The first-order valence-corrected chi connectivity index (χ1v) is 8.12. The normalized spacial score (nSPS) is 15.1. The molecule has 4 nitrogen and oxygen atoms in total. The van der Waals surface area contributed by atoms with Gasteiger partial charge < -0.3 is 10.8 Å². The highest BCUT2D eigenvalue weighted by molar-refractivity contribution is 8.02. The molecular weight excluding hydrogens is 286 g/mol. The molecule has 0 saturated heterocycles. The zero-order chi connectivity index (χ0) is 15.9. The standard InChI is InChI=1S/C16H23NO3S/c1-3-5-11-13(14(17)18)21-16(4-2,15(19)20)12-9-7-6-8-10-12/h6-10,13H,3-5,11H2,1-2H3,(H2,17,18)(H,19,20)/t13-,16+/m0/s1. The Balaban J connectivity index is 3.13. The molecule has 0 heterocycles. The maximum Gasteiger partial charge on any atom is 0.324 e. The number of unbranched alkanes of at least 4 members (excludes halogenated alkanes) is 1. The molecule has 1 aromatic carbocycles. The second kappa shape index (κ2) is 8.08. The molecule has 0 aromatic heterocycles. The number of carboxylic acid groups (broad SMARTS) is 1. The van der Waals surface area contributed by atoms with Gasteiger partial charge in [0.15, 0.2) is 0 Å². The third kappa shape index (κ3) is 4.24. The largest absolute Gasteiger partial charge is 0.480 e. The van der Waals surface area contributed by atoms with Crippen molar-refractivity contribution in [2.24, 2.45) is 5.73 Å². The smallest absolute Gasteiger partial charge is 0.324 e. The van der Waals surface area contributed by atoms with Gasteiger partial charge in [-0.05, 0) is 18.4 Å². The number of hydrogen-bond acceptors (Lipinski definition) is 3. The summed E-state index contributed by atoms with van der Waals surface area (Å²) in [7, 11) is 0. The number of rotatable bonds is 9. The number of thioether (sulfide) groups is 1. The Morgan fingerprint density at radius 2 is 1.90 bits per heavy atom. The lowest BCUT2D eigenvalue weighted by Gasteiger charge is -2.31. The fraction of sp³-hybridized carbons (Fsp3) is 0.500. The van der Waals surface area contributed by atoms with Gasteiger partial charge in [-0.25, -0.2) is 0 Å². The molecule has 0 aliphatic rings. The summed E-state index contributed by atoms with van der Waals surface area (Å²) in [5, 5.41) is 9.28. The first-order chi connectivity index (χ1) is 9.97. The lowest BCUT2D eigenvalue weighted by molar-refractivity contribution is -0.140. The van der Waals surface area contributed by atoms with Gasteiger partial charge in [0.1, 0.15) is 4.75 Å². The van der Waals surface area contributed by atoms with E-state index in [0.29, 0.717) is 18.4 Å². The van der Waals surface area contributed by atoms with E-state index in [1.807, 2.05) is 32.0 Å². The van der Waals surface area contributed by atoms with Crippen molar-refractivity contribution >= 4 is 23.6 Å². The fourth-order valence-electron chi connectivity index (χ4n) is 2.28. The molecule has 3 N–H and O–H groups in total. The number of amides is 1. The van der Waals surface area contributed by atoms with Crippen LogP contribution >= 0.6 is 11.8 Å². The van der Waals surface area contributed by atoms with Crippen molar-refractivity contribution in [2.75, 3.05) is 0 Å². The summed E-state index contributed by atoms with van der Waals surface area (Å²) in [5.41, 5.74) is 6.17. The van der Waals surface area contributed by atoms with Crippen LogP contribution in [0.2, 0.25) is 0 Å². The number of carboxylic acids is 1. The van der Waals surface area contributed by atoms with Crippen LogP contribution in [0.15, 0.2) is 30.3 Å². The molecule has 0 bridgehead atoms. The SMILES string of the molecule is CCCC[C@H](S[C@@](CC)(C(=O)O)c1ccccc1)C(N)=O. The molecule has 1 aromatic rings. The van der Waals surface area contributed by atoms with Crippen LogP contribution in [0.1, 0.15) is 45.1 Å². The average Bonchev–Trinajstić information content (AvgIpc) is 2.48. The van der Waals surface area contributed by atoms with Gasteiger partial charge in [0.05, 0.1) is 5.25 Å². The summed E-state index contributed by atoms with van der Waals surface area (Å²) in [6, 6.07) is 9.06. The van der Waals surface area contributed by atoms with Crippen molar-refractivity contribution in [3.63, 3.8) is 0 Å². The van der Waals surface area contributed by atoms with Crippen molar-refractivity contribution in [1.82, 2.24) is 0 Å². The first kappa shape index (κ1) is 17.6. The van der Waals surface area contributed by atoms with Crippen LogP contribution in [-0.2, 0) is 14.3 Å². The van der Waals surface area contributed by atoms with Crippen LogP contribution in [0.4, 0.5) is 0 Å². The summed E-state index contributed by atoms with van der Waals surface area (Å²) in [6.07, 6.45) is 2.81. The van der Waals surface area contributed by atoms with Crippen LogP contribution in [0.25, 0.3) is 0 Å². The number of primary amides is 1. The van der Waals surface area contributed by atoms with Crippen LogP contribution < -0.4 is 5.73 Å². The van der Waals surface area contributed by atoms with Crippen LogP contribution in [0.5, 0.6) is 0 Å². The molecular formula is C16H23NO3S. The molecule has 0 saturated carbocycles. The zero-order valence-corrected chi connectivity index (χ0v) is 13.4. The minimum atomic E-state index is -1.13. The third-order valence-electron chi connectivity index (χ3n) is 3.56. The van der Waals surface area contributed by atoms with E-state index in [0.717, 1.165) is 12.8 Å². The van der Waals surface area contributed by atoms with Gasteiger partial charge >= 0.3 is 5.97 Å². The Morgan fingerprint density at radius 1 is 1.29 bits per heavy atom. The number of benzene rings is 1. The second-order valence-electron chi connectivity index (χ2n) is 5.00. The van der Waals surface area contributed by atoms with Gasteiger partial charge in [0.2, 0.25) is 5.91 Å². The Hall–Kier alpha value is -1.49. The van der Waals surface area contributed by atoms with Gasteiger partial charge in [-0.3, -0.25) is 9.59 Å². The Bertz CT molecular complexity index is 478. The van der Waals surface area contributed by atoms with E-state index in [4.69, 9.17) is 5.73 Å². The monoisotopic (exact) mass is 309 g/mol. The highest BCUT2D eigenvalue weighted by atomic mass is 32.2. The summed E-state index contributed by atoms with van der Waals surface area (Å²) in [4.78, 5) is 23.6. The molecule has 0 spiro atoms. The lowest BCUT2D eigenvalue weighted by Crippen LogP contribution is -2.37. The number of carbonyl (C=O) groups excluding carboxylic acids is 1. The molecule has 21 heavy (non-hydrogen) atoms. The lowest BCUT2D eigenvalue weighted by atomic mass is 9.95. The summed E-state index contributed by atoms with van der Waals surface area (Å²) in [5.74, 6) is -1.37. The number of carbonyl (C=O) groups is 2. The van der Waals surface area contributed by atoms with E-state index in [1.165, 1.54) is 11.8 Å². The maximum absolute atomic E-state index is 11.9. The molecule has 1 rings (SSSR count). The molecule has 0 fully saturated rings. The van der Waals surface area contributed by atoms with Crippen molar-refractivity contribution in [3.8, 4) is 0 Å². The molecule has 0 aliphatic carbocycles. The molecule has 0 radical (unpaired) electrons. The zero-order valence-electron chi connectivity index (χ0n) is 12.5. The van der Waals surface area contributed by atoms with Gasteiger partial charge in [-0.2, -0.15) is 0 Å². The van der Waals surface area contributed by atoms with Gasteiger partial charge in [-0.15, -0.1) is 11.8 Å². The summed E-state index contributed by atoms with van der Waals surface area (Å²) < 4.78 is -1.13. The number of hydrogen-bond donors (Lipinski definition) is 2. The fourth-order valence-corrected chi connectivity index (χ4v) is 3.71. The summed E-state index contributed by atoms with van der Waals surface area (Å²) >= 11 is 1.17. The quantitative estimate of drug-likeness (QED) is 0.734. The molecule has 5 heteroatoms. The van der Waals surface area contributed by atoms with Crippen LogP contribution in [0.3, 0.4) is 0 Å². The topological polar surface area (TPSA) is 80.4 Å². The average molecular weight is 309 g/mol. The van der Waals surface area contributed by atoms with Crippen LogP contribution in [0, 0.1) is 0 Å². The molecule has 0 unspecified atom stereocenters. The van der Waals surface area contributed by atoms with E-state index in [9.17, 15) is 14.7 Å². The molecule has 1 amide bonds. The highest BCUT2D eigenvalue weighted by Crippen LogP contribution is 2.43. The van der Waals surface area contributed by atoms with Crippen molar-refractivity contribution < 1.29 is 14.7 Å². The first-order valence-electron chi connectivity index (χ1n) is 7.24. The Kier molecular flexibility index (Phi) is 6.75. The predicted molar refractivity (Wildman–Crippen MR) is 86.1 cm³/mol. The molecule has 2 atom stereocenters.